The van der Waals surface area contributed by atoms with E-state index in [-0.39, 0.29) is 5.92 Å². The lowest BCUT2D eigenvalue weighted by molar-refractivity contribution is 0.635. The third kappa shape index (κ3) is 1.78. The van der Waals surface area contributed by atoms with Crippen LogP contribution >= 0.6 is 0 Å². The third-order valence-corrected chi connectivity index (χ3v) is 2.60. The second-order valence-electron chi connectivity index (χ2n) is 3.94. The summed E-state index contributed by atoms with van der Waals surface area (Å²) in [6.45, 7) is 4.13. The second-order valence-corrected chi connectivity index (χ2v) is 3.94. The van der Waals surface area contributed by atoms with E-state index in [9.17, 15) is 9.59 Å². The first-order valence-electron chi connectivity index (χ1n) is 5.34. The summed E-state index contributed by atoms with van der Waals surface area (Å²) in [4.78, 5) is 34.3. The number of imidazole rings is 1. The average molecular weight is 222 g/mol. The highest BCUT2D eigenvalue weighted by Crippen LogP contribution is 2.18. The van der Waals surface area contributed by atoms with Gasteiger partial charge in [-0.1, -0.05) is 20.3 Å². The lowest BCUT2D eigenvalue weighted by Crippen LogP contribution is -2.21. The van der Waals surface area contributed by atoms with Crippen LogP contribution in [0.2, 0.25) is 0 Å². The molecule has 2 rings (SSSR count). The minimum atomic E-state index is -0.529. The molecule has 0 aliphatic heterocycles. The van der Waals surface area contributed by atoms with Gasteiger partial charge in [-0.2, -0.15) is 0 Å². The molecule has 6 heteroatoms. The molecule has 0 bridgehead atoms. The smallest absolute Gasteiger partial charge is 0.327 e. The summed E-state index contributed by atoms with van der Waals surface area (Å²) in [7, 11) is 0. The van der Waals surface area contributed by atoms with Crippen LogP contribution in [0.15, 0.2) is 9.59 Å². The Morgan fingerprint density at radius 3 is 2.69 bits per heavy atom. The zero-order chi connectivity index (χ0) is 11.7. The Morgan fingerprint density at radius 1 is 1.25 bits per heavy atom. The molecular formula is C10H14N4O2. The van der Waals surface area contributed by atoms with Crippen LogP contribution in [0.4, 0.5) is 0 Å². The molecule has 0 aromatic carbocycles. The number of aromatic amines is 3. The normalized spacial score (nSPS) is 13.1. The fourth-order valence-corrected chi connectivity index (χ4v) is 1.75. The molecule has 1 unspecified atom stereocenters. The molecule has 2 aromatic heterocycles. The number of nitrogens with one attached hydrogen (secondary N) is 3. The molecule has 3 N–H and O–H groups in total. The Labute approximate surface area is 91.1 Å². The lowest BCUT2D eigenvalue weighted by atomic mass is 10.1. The molecule has 0 radical (unpaired) electrons. The van der Waals surface area contributed by atoms with Crippen molar-refractivity contribution in [2.45, 2.75) is 32.6 Å². The first-order chi connectivity index (χ1) is 7.61. The predicted molar refractivity (Wildman–Crippen MR) is 60.7 cm³/mol. The molecule has 0 saturated heterocycles. The standard InChI is InChI=1S/C10H14N4O2/c1-3-4-5(2)7-11-6-8(12-7)13-10(16)14-9(6)15/h5H,3-4H2,1-2H3,(H3,11,12,13,14,15,16). The van der Waals surface area contributed by atoms with Crippen LogP contribution in [0, 0.1) is 0 Å². The number of nitrogens with zero attached hydrogens (tertiary/aromatic N) is 1. The van der Waals surface area contributed by atoms with Crippen LogP contribution in [0.25, 0.3) is 11.2 Å². The number of aromatic nitrogens is 4. The molecule has 86 valence electrons. The summed E-state index contributed by atoms with van der Waals surface area (Å²) in [6.07, 6.45) is 2.03. The maximum absolute atomic E-state index is 11.4. The Hall–Kier alpha value is -1.85. The van der Waals surface area contributed by atoms with E-state index < -0.39 is 11.2 Å². The molecule has 0 saturated carbocycles. The van der Waals surface area contributed by atoms with Gasteiger partial charge in [-0.3, -0.25) is 14.8 Å². The number of H-pyrrole nitrogens is 3. The van der Waals surface area contributed by atoms with Crippen molar-refractivity contribution in [2.75, 3.05) is 0 Å². The van der Waals surface area contributed by atoms with Crippen LogP contribution in [-0.4, -0.2) is 19.9 Å². The molecule has 2 aromatic rings. The monoisotopic (exact) mass is 222 g/mol. The van der Waals surface area contributed by atoms with E-state index >= 15 is 0 Å². The van der Waals surface area contributed by atoms with E-state index in [1.165, 1.54) is 0 Å². The molecule has 0 amide bonds. The summed E-state index contributed by atoms with van der Waals surface area (Å²) in [5, 5.41) is 0. The quantitative estimate of drug-likeness (QED) is 0.718. The van der Waals surface area contributed by atoms with Crippen molar-refractivity contribution in [1.82, 2.24) is 19.9 Å². The van der Waals surface area contributed by atoms with Gasteiger partial charge in [0.1, 0.15) is 11.3 Å². The van der Waals surface area contributed by atoms with Gasteiger partial charge in [-0.25, -0.2) is 9.78 Å². The van der Waals surface area contributed by atoms with Crippen LogP contribution in [0.1, 0.15) is 38.4 Å². The van der Waals surface area contributed by atoms with Crippen molar-refractivity contribution in [2.24, 2.45) is 0 Å². The minimum absolute atomic E-state index is 0.250. The van der Waals surface area contributed by atoms with Gasteiger partial charge in [0.25, 0.3) is 5.56 Å². The fourth-order valence-electron chi connectivity index (χ4n) is 1.75. The molecule has 0 aliphatic rings. The van der Waals surface area contributed by atoms with Gasteiger partial charge in [0.15, 0.2) is 5.65 Å². The van der Waals surface area contributed by atoms with Gasteiger partial charge in [-0.05, 0) is 6.42 Å². The summed E-state index contributed by atoms with van der Waals surface area (Å²) in [5.41, 5.74) is -0.302. The molecular weight excluding hydrogens is 208 g/mol. The highest BCUT2D eigenvalue weighted by Gasteiger charge is 2.12. The summed E-state index contributed by atoms with van der Waals surface area (Å²) >= 11 is 0. The Bertz CT molecular complexity index is 607. The topological polar surface area (TPSA) is 94.4 Å². The van der Waals surface area contributed by atoms with E-state index in [2.05, 4.69) is 26.9 Å². The van der Waals surface area contributed by atoms with Crippen LogP contribution in [-0.2, 0) is 0 Å². The maximum atomic E-state index is 11.4. The van der Waals surface area contributed by atoms with E-state index in [1.807, 2.05) is 6.92 Å². The molecule has 0 aliphatic carbocycles. The van der Waals surface area contributed by atoms with Crippen molar-refractivity contribution in [3.05, 3.63) is 26.7 Å². The van der Waals surface area contributed by atoms with Crippen molar-refractivity contribution < 1.29 is 0 Å². The molecule has 16 heavy (non-hydrogen) atoms. The van der Waals surface area contributed by atoms with Crippen molar-refractivity contribution in [3.8, 4) is 0 Å². The first kappa shape index (κ1) is 10.7. The van der Waals surface area contributed by atoms with E-state index in [0.717, 1.165) is 18.7 Å². The van der Waals surface area contributed by atoms with Crippen LogP contribution < -0.4 is 11.2 Å². The van der Waals surface area contributed by atoms with Gasteiger partial charge in [0.2, 0.25) is 0 Å². The van der Waals surface area contributed by atoms with E-state index in [1.54, 1.807) is 0 Å². The van der Waals surface area contributed by atoms with Gasteiger partial charge in [0, 0.05) is 5.92 Å². The van der Waals surface area contributed by atoms with Crippen LogP contribution in [0.3, 0.4) is 0 Å². The summed E-state index contributed by atoms with van der Waals surface area (Å²) in [6, 6.07) is 0. The molecule has 0 spiro atoms. The predicted octanol–water partition coefficient (Wildman–Crippen LogP) is 0.843. The minimum Gasteiger partial charge on any atom is -0.336 e. The largest absolute Gasteiger partial charge is 0.336 e. The van der Waals surface area contributed by atoms with Crippen molar-refractivity contribution in [1.29, 1.82) is 0 Å². The Balaban J connectivity index is 2.56. The number of rotatable bonds is 3. The van der Waals surface area contributed by atoms with Crippen LogP contribution in [0.5, 0.6) is 0 Å². The number of hydrogen-bond acceptors (Lipinski definition) is 3. The van der Waals surface area contributed by atoms with Gasteiger partial charge >= 0.3 is 5.69 Å². The van der Waals surface area contributed by atoms with E-state index in [4.69, 9.17) is 0 Å². The lowest BCUT2D eigenvalue weighted by Gasteiger charge is -2.04. The Morgan fingerprint density at radius 2 is 2.00 bits per heavy atom. The maximum Gasteiger partial charge on any atom is 0.327 e. The third-order valence-electron chi connectivity index (χ3n) is 2.60. The van der Waals surface area contributed by atoms with Gasteiger partial charge in [0.05, 0.1) is 0 Å². The molecule has 1 atom stereocenters. The van der Waals surface area contributed by atoms with Gasteiger partial charge < -0.3 is 4.98 Å². The van der Waals surface area contributed by atoms with Gasteiger partial charge in [-0.15, -0.1) is 0 Å². The van der Waals surface area contributed by atoms with E-state index in [0.29, 0.717) is 11.2 Å². The zero-order valence-corrected chi connectivity index (χ0v) is 9.26. The molecule has 6 nitrogen and oxygen atoms in total. The zero-order valence-electron chi connectivity index (χ0n) is 9.26. The first-order valence-corrected chi connectivity index (χ1v) is 5.34. The average Bonchev–Trinajstić information content (AvgIpc) is 2.62. The number of hydrogen-bond donors (Lipinski definition) is 3. The fraction of sp³-hybridized carbons (Fsp3) is 0.500. The summed E-state index contributed by atoms with van der Waals surface area (Å²) < 4.78 is 0. The highest BCUT2D eigenvalue weighted by molar-refractivity contribution is 5.68. The molecule has 2 heterocycles. The van der Waals surface area contributed by atoms with Crippen molar-refractivity contribution in [3.63, 3.8) is 0 Å². The summed E-state index contributed by atoms with van der Waals surface area (Å²) in [5.74, 6) is 0.990. The Kier molecular flexibility index (Phi) is 2.64. The number of fused-ring (bicyclic) bond motifs is 1. The molecule has 0 fully saturated rings. The second kappa shape index (κ2) is 3.96. The van der Waals surface area contributed by atoms with Crippen molar-refractivity contribution >= 4 is 11.2 Å². The highest BCUT2D eigenvalue weighted by atomic mass is 16.2. The SMILES string of the molecule is CCCC(C)c1nc2[nH]c(=O)[nH]c(=O)c2[nH]1.